The summed E-state index contributed by atoms with van der Waals surface area (Å²) in [4.78, 5) is 13.7. The van der Waals surface area contributed by atoms with Crippen LogP contribution in [-0.2, 0) is 4.74 Å². The lowest BCUT2D eigenvalue weighted by atomic mass is 9.88. The van der Waals surface area contributed by atoms with Gasteiger partial charge in [0.15, 0.2) is 11.6 Å². The van der Waals surface area contributed by atoms with Gasteiger partial charge in [-0.1, -0.05) is 6.07 Å². The van der Waals surface area contributed by atoms with Crippen LogP contribution in [-0.4, -0.2) is 36.8 Å². The van der Waals surface area contributed by atoms with Crippen LogP contribution in [0.5, 0.6) is 5.75 Å². The molecule has 23 heavy (non-hydrogen) atoms. The molecule has 1 heterocycles. The molecular formula is C17H23F2NO3. The maximum absolute atomic E-state index is 13.8. The molecule has 1 fully saturated rings. The summed E-state index contributed by atoms with van der Waals surface area (Å²) in [7, 11) is 1.33. The Morgan fingerprint density at radius 2 is 1.83 bits per heavy atom. The second kappa shape index (κ2) is 6.72. The van der Waals surface area contributed by atoms with Crippen LogP contribution in [0.15, 0.2) is 12.1 Å². The lowest BCUT2D eigenvalue weighted by molar-refractivity contribution is 0.0204. The van der Waals surface area contributed by atoms with Crippen molar-refractivity contribution in [3.8, 4) is 5.75 Å². The summed E-state index contributed by atoms with van der Waals surface area (Å²) in [6, 6.07) is 2.68. The van der Waals surface area contributed by atoms with Gasteiger partial charge in [0.2, 0.25) is 5.82 Å². The van der Waals surface area contributed by atoms with Gasteiger partial charge >= 0.3 is 6.09 Å². The number of piperidine rings is 1. The summed E-state index contributed by atoms with van der Waals surface area (Å²) in [6.45, 7) is 6.50. The number of nitrogens with zero attached hydrogens (tertiary/aromatic N) is 1. The fraction of sp³-hybridized carbons (Fsp3) is 0.588. The van der Waals surface area contributed by atoms with E-state index in [0.717, 1.165) is 6.07 Å². The average Bonchev–Trinajstić information content (AvgIpc) is 2.48. The van der Waals surface area contributed by atoms with Crippen molar-refractivity contribution in [1.82, 2.24) is 4.90 Å². The average molecular weight is 327 g/mol. The van der Waals surface area contributed by atoms with Gasteiger partial charge in [-0.3, -0.25) is 0 Å². The molecule has 1 saturated heterocycles. The highest BCUT2D eigenvalue weighted by atomic mass is 19.2. The number of halogens is 2. The van der Waals surface area contributed by atoms with Gasteiger partial charge in [0, 0.05) is 18.7 Å². The molecule has 128 valence electrons. The van der Waals surface area contributed by atoms with E-state index in [2.05, 4.69) is 0 Å². The number of likely N-dealkylation sites (tertiary alicyclic amines) is 1. The standard InChI is InChI=1S/C17H23F2NO3/c1-17(2,3)23-16(21)20-9-7-11(8-10-20)12-5-6-13(18)14(19)15(12)22-4/h5-6,11H,7-10H2,1-4H3. The van der Waals surface area contributed by atoms with E-state index in [1.54, 1.807) is 11.0 Å². The van der Waals surface area contributed by atoms with Crippen LogP contribution in [0.25, 0.3) is 0 Å². The summed E-state index contributed by atoms with van der Waals surface area (Å²) >= 11 is 0. The summed E-state index contributed by atoms with van der Waals surface area (Å²) in [5.41, 5.74) is 0.118. The number of hydrogen-bond donors (Lipinski definition) is 0. The van der Waals surface area contributed by atoms with Crippen molar-refractivity contribution in [3.05, 3.63) is 29.3 Å². The number of methoxy groups -OCH3 is 1. The first kappa shape index (κ1) is 17.5. The zero-order valence-electron chi connectivity index (χ0n) is 14.0. The zero-order chi connectivity index (χ0) is 17.2. The molecule has 0 radical (unpaired) electrons. The Labute approximate surface area is 135 Å². The second-order valence-corrected chi connectivity index (χ2v) is 6.73. The predicted molar refractivity (Wildman–Crippen MR) is 82.7 cm³/mol. The molecule has 0 unspecified atom stereocenters. The van der Waals surface area contributed by atoms with E-state index in [4.69, 9.17) is 9.47 Å². The second-order valence-electron chi connectivity index (χ2n) is 6.73. The molecule has 1 amide bonds. The third-order valence-electron chi connectivity index (χ3n) is 3.87. The maximum Gasteiger partial charge on any atom is 0.410 e. The van der Waals surface area contributed by atoms with Crippen molar-refractivity contribution >= 4 is 6.09 Å². The summed E-state index contributed by atoms with van der Waals surface area (Å²) in [5, 5.41) is 0. The minimum absolute atomic E-state index is 0.0266. The highest BCUT2D eigenvalue weighted by Crippen LogP contribution is 2.36. The van der Waals surface area contributed by atoms with E-state index >= 15 is 0 Å². The number of hydrogen-bond acceptors (Lipinski definition) is 3. The Hall–Kier alpha value is -1.85. The van der Waals surface area contributed by atoms with Gasteiger partial charge in [0.25, 0.3) is 0 Å². The van der Waals surface area contributed by atoms with Gasteiger partial charge in [-0.25, -0.2) is 9.18 Å². The van der Waals surface area contributed by atoms with Gasteiger partial charge in [0.1, 0.15) is 5.60 Å². The number of benzene rings is 1. The molecule has 0 atom stereocenters. The van der Waals surface area contributed by atoms with Crippen molar-refractivity contribution in [3.63, 3.8) is 0 Å². The molecule has 0 N–H and O–H groups in total. The SMILES string of the molecule is COc1c(C2CCN(C(=O)OC(C)(C)C)CC2)ccc(F)c1F. The highest BCUT2D eigenvalue weighted by Gasteiger charge is 2.29. The predicted octanol–water partition coefficient (Wildman–Crippen LogP) is 4.09. The van der Waals surface area contributed by atoms with E-state index in [1.165, 1.54) is 7.11 Å². The van der Waals surface area contributed by atoms with Crippen LogP contribution in [0.1, 0.15) is 45.1 Å². The molecule has 0 bridgehead atoms. The number of carbonyl (C=O) groups is 1. The molecule has 6 heteroatoms. The largest absolute Gasteiger partial charge is 0.493 e. The van der Waals surface area contributed by atoms with Crippen LogP contribution in [0, 0.1) is 11.6 Å². The van der Waals surface area contributed by atoms with Crippen molar-refractivity contribution in [2.75, 3.05) is 20.2 Å². The Balaban J connectivity index is 2.05. The van der Waals surface area contributed by atoms with Crippen molar-refractivity contribution in [1.29, 1.82) is 0 Å². The molecule has 1 aliphatic rings. The molecular weight excluding hydrogens is 304 g/mol. The number of rotatable bonds is 2. The Morgan fingerprint density at radius 3 is 2.35 bits per heavy atom. The van der Waals surface area contributed by atoms with Crippen LogP contribution in [0.3, 0.4) is 0 Å². The highest BCUT2D eigenvalue weighted by molar-refractivity contribution is 5.68. The van der Waals surface area contributed by atoms with Crippen LogP contribution in [0.4, 0.5) is 13.6 Å². The summed E-state index contributed by atoms with van der Waals surface area (Å²) in [6.07, 6.45) is 0.967. The van der Waals surface area contributed by atoms with Gasteiger partial charge in [-0.2, -0.15) is 4.39 Å². The fourth-order valence-corrected chi connectivity index (χ4v) is 2.78. The third-order valence-corrected chi connectivity index (χ3v) is 3.87. The van der Waals surface area contributed by atoms with Crippen LogP contribution >= 0.6 is 0 Å². The molecule has 2 rings (SSSR count). The maximum atomic E-state index is 13.8. The van der Waals surface area contributed by atoms with E-state index in [9.17, 15) is 13.6 Å². The molecule has 1 aromatic carbocycles. The first-order valence-corrected chi connectivity index (χ1v) is 7.72. The van der Waals surface area contributed by atoms with Crippen LogP contribution < -0.4 is 4.74 Å². The van der Waals surface area contributed by atoms with Crippen molar-refractivity contribution in [2.45, 2.75) is 45.1 Å². The third kappa shape index (κ3) is 4.12. The molecule has 4 nitrogen and oxygen atoms in total. The Kier molecular flexibility index (Phi) is 5.12. The van der Waals surface area contributed by atoms with Crippen LogP contribution in [0.2, 0.25) is 0 Å². The molecule has 0 aliphatic carbocycles. The molecule has 1 aliphatic heterocycles. The molecule has 0 saturated carbocycles. The zero-order valence-corrected chi connectivity index (χ0v) is 14.0. The van der Waals surface area contributed by atoms with E-state index in [1.807, 2.05) is 20.8 Å². The van der Waals surface area contributed by atoms with Crippen molar-refractivity contribution in [2.24, 2.45) is 0 Å². The van der Waals surface area contributed by atoms with Gasteiger partial charge in [-0.15, -0.1) is 0 Å². The summed E-state index contributed by atoms with van der Waals surface area (Å²) in [5.74, 6) is -1.89. The molecule has 0 aromatic heterocycles. The fourth-order valence-electron chi connectivity index (χ4n) is 2.78. The minimum atomic E-state index is -0.959. The first-order valence-electron chi connectivity index (χ1n) is 7.72. The van der Waals surface area contributed by atoms with Gasteiger partial charge in [0.05, 0.1) is 7.11 Å². The topological polar surface area (TPSA) is 38.8 Å². The minimum Gasteiger partial charge on any atom is -0.493 e. The van der Waals surface area contributed by atoms with E-state index in [-0.39, 0.29) is 17.8 Å². The Morgan fingerprint density at radius 1 is 1.22 bits per heavy atom. The normalized spacial score (nSPS) is 16.3. The number of ether oxygens (including phenoxy) is 2. The lowest BCUT2D eigenvalue weighted by Crippen LogP contribution is -2.41. The Bertz CT molecular complexity index is 576. The number of carbonyl (C=O) groups excluding carboxylic acids is 1. The van der Waals surface area contributed by atoms with E-state index in [0.29, 0.717) is 31.5 Å². The number of amides is 1. The van der Waals surface area contributed by atoms with E-state index < -0.39 is 17.2 Å². The smallest absolute Gasteiger partial charge is 0.410 e. The van der Waals surface area contributed by atoms with Gasteiger partial charge < -0.3 is 14.4 Å². The quantitative estimate of drug-likeness (QED) is 0.821. The molecule has 0 spiro atoms. The lowest BCUT2D eigenvalue weighted by Gasteiger charge is -2.34. The first-order chi connectivity index (χ1) is 10.7. The van der Waals surface area contributed by atoms with Gasteiger partial charge in [-0.05, 0) is 45.6 Å². The van der Waals surface area contributed by atoms with Crippen molar-refractivity contribution < 1.29 is 23.0 Å². The molecule has 1 aromatic rings. The monoisotopic (exact) mass is 327 g/mol. The summed E-state index contributed by atoms with van der Waals surface area (Å²) < 4.78 is 37.5.